The first-order valence-corrected chi connectivity index (χ1v) is 5.82. The third-order valence-electron chi connectivity index (χ3n) is 2.36. The van der Waals surface area contributed by atoms with Crippen LogP contribution < -0.4 is 10.1 Å². The van der Waals surface area contributed by atoms with Gasteiger partial charge in [-0.05, 0) is 30.7 Å². The Balaban J connectivity index is 1.85. The highest BCUT2D eigenvalue weighted by molar-refractivity contribution is 5.46. The number of H-pyrrole nitrogens is 1. The first-order valence-electron chi connectivity index (χ1n) is 5.82. The minimum atomic E-state index is 0.745. The number of rotatable bonds is 6. The van der Waals surface area contributed by atoms with E-state index in [2.05, 4.69) is 22.2 Å². The molecule has 0 aliphatic rings. The number of nitrogens with one attached hydrogen (secondary N) is 2. The molecular formula is C13H17N3O. The van der Waals surface area contributed by atoms with Crippen molar-refractivity contribution in [3.8, 4) is 5.75 Å². The second kappa shape index (κ2) is 5.94. The van der Waals surface area contributed by atoms with E-state index in [1.165, 1.54) is 0 Å². The number of benzene rings is 1. The molecule has 1 aromatic carbocycles. The normalized spacial score (nSPS) is 10.2. The van der Waals surface area contributed by atoms with Crippen molar-refractivity contribution >= 4 is 5.69 Å². The zero-order valence-corrected chi connectivity index (χ0v) is 9.94. The predicted molar refractivity (Wildman–Crippen MR) is 68.1 cm³/mol. The Bertz CT molecular complexity index is 422. The molecule has 0 aliphatic carbocycles. The van der Waals surface area contributed by atoms with Gasteiger partial charge in [0.25, 0.3) is 0 Å². The fourth-order valence-corrected chi connectivity index (χ4v) is 1.47. The van der Waals surface area contributed by atoms with Crippen molar-refractivity contribution in [3.05, 3.63) is 42.5 Å². The van der Waals surface area contributed by atoms with Crippen molar-refractivity contribution in [2.75, 3.05) is 11.9 Å². The number of hydrogen-bond donors (Lipinski definition) is 2. The van der Waals surface area contributed by atoms with E-state index < -0.39 is 0 Å². The van der Waals surface area contributed by atoms with Gasteiger partial charge in [-0.25, -0.2) is 4.98 Å². The van der Waals surface area contributed by atoms with Crippen LogP contribution in [0.3, 0.4) is 0 Å². The molecular weight excluding hydrogens is 214 g/mol. The lowest BCUT2D eigenvalue weighted by Gasteiger charge is -2.07. The van der Waals surface area contributed by atoms with Crippen LogP contribution in [-0.4, -0.2) is 16.6 Å². The summed E-state index contributed by atoms with van der Waals surface area (Å²) < 4.78 is 5.52. The van der Waals surface area contributed by atoms with Gasteiger partial charge in [0.2, 0.25) is 0 Å². The van der Waals surface area contributed by atoms with E-state index >= 15 is 0 Å². The lowest BCUT2D eigenvalue weighted by atomic mass is 10.3. The van der Waals surface area contributed by atoms with Crippen LogP contribution in [0.15, 0.2) is 36.8 Å². The van der Waals surface area contributed by atoms with Crippen molar-refractivity contribution in [2.24, 2.45) is 0 Å². The molecule has 2 aromatic rings. The van der Waals surface area contributed by atoms with E-state index in [1.54, 1.807) is 6.33 Å². The van der Waals surface area contributed by atoms with Crippen LogP contribution in [0.5, 0.6) is 5.75 Å². The predicted octanol–water partition coefficient (Wildman–Crippen LogP) is 2.81. The fraction of sp³-hybridized carbons (Fsp3) is 0.308. The number of ether oxygens (including phenoxy) is 1. The summed E-state index contributed by atoms with van der Waals surface area (Å²) >= 11 is 0. The van der Waals surface area contributed by atoms with Gasteiger partial charge >= 0.3 is 0 Å². The van der Waals surface area contributed by atoms with Crippen molar-refractivity contribution in [1.82, 2.24) is 9.97 Å². The molecule has 0 amide bonds. The van der Waals surface area contributed by atoms with Crippen molar-refractivity contribution in [1.29, 1.82) is 0 Å². The van der Waals surface area contributed by atoms with Crippen molar-refractivity contribution in [2.45, 2.75) is 19.9 Å². The molecule has 1 heterocycles. The molecule has 0 aliphatic heterocycles. The summed E-state index contributed by atoms with van der Waals surface area (Å²) in [5.74, 6) is 0.916. The molecule has 4 nitrogen and oxygen atoms in total. The Hall–Kier alpha value is -1.97. The largest absolute Gasteiger partial charge is 0.494 e. The van der Waals surface area contributed by atoms with Gasteiger partial charge in [0, 0.05) is 11.9 Å². The highest BCUT2D eigenvalue weighted by Gasteiger charge is 1.96. The first-order chi connectivity index (χ1) is 8.38. The molecule has 90 valence electrons. The van der Waals surface area contributed by atoms with Gasteiger partial charge in [-0.3, -0.25) is 0 Å². The first kappa shape index (κ1) is 11.5. The number of aromatic amines is 1. The maximum absolute atomic E-state index is 5.52. The summed E-state index contributed by atoms with van der Waals surface area (Å²) in [7, 11) is 0. The second-order valence-corrected chi connectivity index (χ2v) is 3.80. The number of hydrogen-bond acceptors (Lipinski definition) is 3. The zero-order valence-electron chi connectivity index (χ0n) is 9.94. The highest BCUT2D eigenvalue weighted by atomic mass is 16.5. The Morgan fingerprint density at radius 1 is 1.29 bits per heavy atom. The van der Waals surface area contributed by atoms with E-state index in [0.717, 1.165) is 36.7 Å². The maximum Gasteiger partial charge on any atom is 0.119 e. The molecule has 0 bridgehead atoms. The molecule has 17 heavy (non-hydrogen) atoms. The summed E-state index contributed by atoms with van der Waals surface area (Å²) in [6.45, 7) is 3.61. The fourth-order valence-electron chi connectivity index (χ4n) is 1.47. The average molecular weight is 231 g/mol. The second-order valence-electron chi connectivity index (χ2n) is 3.80. The van der Waals surface area contributed by atoms with Crippen LogP contribution in [0.4, 0.5) is 5.69 Å². The molecule has 0 atom stereocenters. The van der Waals surface area contributed by atoms with E-state index in [0.29, 0.717) is 0 Å². The monoisotopic (exact) mass is 231 g/mol. The van der Waals surface area contributed by atoms with Crippen LogP contribution >= 0.6 is 0 Å². The van der Waals surface area contributed by atoms with Crippen LogP contribution in [0.1, 0.15) is 19.0 Å². The lowest BCUT2D eigenvalue weighted by Crippen LogP contribution is -2.00. The molecule has 0 radical (unpaired) electrons. The van der Waals surface area contributed by atoms with Crippen LogP contribution in [0, 0.1) is 0 Å². The molecule has 2 rings (SSSR count). The smallest absolute Gasteiger partial charge is 0.119 e. The van der Waals surface area contributed by atoms with Gasteiger partial charge < -0.3 is 15.0 Å². The highest BCUT2D eigenvalue weighted by Crippen LogP contribution is 2.16. The minimum Gasteiger partial charge on any atom is -0.494 e. The zero-order chi connectivity index (χ0) is 11.9. The summed E-state index contributed by atoms with van der Waals surface area (Å²) in [6.07, 6.45) is 4.52. The number of aromatic nitrogens is 2. The Labute approximate surface area is 101 Å². The minimum absolute atomic E-state index is 0.745. The third-order valence-corrected chi connectivity index (χ3v) is 2.36. The SMILES string of the molecule is CCCOc1ccc(NCc2cnc[nH]2)cc1. The van der Waals surface area contributed by atoms with Gasteiger partial charge in [-0.15, -0.1) is 0 Å². The molecule has 0 saturated heterocycles. The maximum atomic E-state index is 5.52. The van der Waals surface area contributed by atoms with E-state index in [4.69, 9.17) is 4.74 Å². The number of nitrogens with zero attached hydrogens (tertiary/aromatic N) is 1. The molecule has 0 fully saturated rings. The van der Waals surface area contributed by atoms with Gasteiger partial charge in [0.15, 0.2) is 0 Å². The molecule has 1 aromatic heterocycles. The summed E-state index contributed by atoms with van der Waals surface area (Å²) in [5, 5.41) is 3.30. The number of imidazole rings is 1. The topological polar surface area (TPSA) is 49.9 Å². The van der Waals surface area contributed by atoms with Gasteiger partial charge in [-0.1, -0.05) is 6.92 Å². The van der Waals surface area contributed by atoms with E-state index in [9.17, 15) is 0 Å². The van der Waals surface area contributed by atoms with Gasteiger partial charge in [0.05, 0.1) is 25.2 Å². The Morgan fingerprint density at radius 2 is 2.12 bits per heavy atom. The third kappa shape index (κ3) is 3.52. The molecule has 0 saturated carbocycles. The standard InChI is InChI=1S/C13H17N3O/c1-2-7-17-13-5-3-11(4-6-13)15-9-12-8-14-10-16-12/h3-6,8,10,15H,2,7,9H2,1H3,(H,14,16). The van der Waals surface area contributed by atoms with Crippen LogP contribution in [-0.2, 0) is 6.54 Å². The van der Waals surface area contributed by atoms with E-state index in [1.807, 2.05) is 30.5 Å². The molecule has 0 unspecified atom stereocenters. The molecule has 2 N–H and O–H groups in total. The van der Waals surface area contributed by atoms with Crippen molar-refractivity contribution < 1.29 is 4.74 Å². The van der Waals surface area contributed by atoms with Crippen molar-refractivity contribution in [3.63, 3.8) is 0 Å². The summed E-state index contributed by atoms with van der Waals surface area (Å²) in [5.41, 5.74) is 2.14. The quantitative estimate of drug-likeness (QED) is 0.803. The van der Waals surface area contributed by atoms with E-state index in [-0.39, 0.29) is 0 Å². The average Bonchev–Trinajstić information content (AvgIpc) is 2.88. The van der Waals surface area contributed by atoms with Crippen LogP contribution in [0.25, 0.3) is 0 Å². The Morgan fingerprint density at radius 3 is 2.76 bits per heavy atom. The number of anilines is 1. The summed E-state index contributed by atoms with van der Waals surface area (Å²) in [6, 6.07) is 7.98. The molecule has 4 heteroatoms. The molecule has 0 spiro atoms. The van der Waals surface area contributed by atoms with Crippen LogP contribution in [0.2, 0.25) is 0 Å². The summed E-state index contributed by atoms with van der Waals surface area (Å²) in [4.78, 5) is 7.02. The lowest BCUT2D eigenvalue weighted by molar-refractivity contribution is 0.317. The van der Waals surface area contributed by atoms with Gasteiger partial charge in [0.1, 0.15) is 5.75 Å². The Kier molecular flexibility index (Phi) is 4.02. The van der Waals surface area contributed by atoms with Gasteiger partial charge in [-0.2, -0.15) is 0 Å².